The molecule has 0 heterocycles. The molecule has 2 aromatic rings. The fourth-order valence-electron chi connectivity index (χ4n) is 2.52. The largest absolute Gasteiger partial charge is 0.550 e. The normalized spacial score (nSPS) is 11.6. The van der Waals surface area contributed by atoms with Crippen LogP contribution in [0.2, 0.25) is 0 Å². The van der Waals surface area contributed by atoms with Crippen LogP contribution in [0.15, 0.2) is 48.5 Å². The van der Waals surface area contributed by atoms with E-state index in [0.29, 0.717) is 22.6 Å². The third-order valence-electron chi connectivity index (χ3n) is 4.11. The maximum absolute atomic E-state index is 12.6. The van der Waals surface area contributed by atoms with Gasteiger partial charge in [0.1, 0.15) is 5.75 Å². The summed E-state index contributed by atoms with van der Waals surface area (Å²) in [6, 6.07) is 12.4. The van der Waals surface area contributed by atoms with Gasteiger partial charge in [-0.1, -0.05) is 32.0 Å². The van der Waals surface area contributed by atoms with Gasteiger partial charge < -0.3 is 25.3 Å². The maximum atomic E-state index is 12.6. The van der Waals surface area contributed by atoms with Gasteiger partial charge in [-0.2, -0.15) is 0 Å². The van der Waals surface area contributed by atoms with Gasteiger partial charge in [-0.15, -0.1) is 0 Å². The average molecular weight is 383 g/mol. The first kappa shape index (κ1) is 21.0. The zero-order chi connectivity index (χ0) is 20.7. The van der Waals surface area contributed by atoms with Crippen molar-refractivity contribution in [2.45, 2.75) is 26.3 Å². The lowest BCUT2D eigenvalue weighted by molar-refractivity contribution is -0.306. The minimum Gasteiger partial charge on any atom is -0.550 e. The number of hydrogen-bond donors (Lipinski definition) is 2. The Labute approximate surface area is 163 Å². The topological polar surface area (TPSA) is 108 Å². The van der Waals surface area contributed by atoms with Crippen LogP contribution >= 0.6 is 0 Å². The lowest BCUT2D eigenvalue weighted by atomic mass is 10.0. The van der Waals surface area contributed by atoms with Crippen LogP contribution < -0.4 is 20.5 Å². The SMILES string of the molecule is COc1ccc([C@H](CC(=O)[O-])NC(=O)c2cccc(NC(=O)C(C)C)c2)cc1. The second-order valence-electron chi connectivity index (χ2n) is 6.60. The highest BCUT2D eigenvalue weighted by Gasteiger charge is 2.17. The molecule has 2 aromatic carbocycles. The van der Waals surface area contributed by atoms with E-state index in [1.807, 2.05) is 0 Å². The fourth-order valence-corrected chi connectivity index (χ4v) is 2.52. The van der Waals surface area contributed by atoms with Crippen molar-refractivity contribution < 1.29 is 24.2 Å². The van der Waals surface area contributed by atoms with Crippen molar-refractivity contribution in [2.24, 2.45) is 5.92 Å². The quantitative estimate of drug-likeness (QED) is 0.724. The van der Waals surface area contributed by atoms with Gasteiger partial charge >= 0.3 is 0 Å². The van der Waals surface area contributed by atoms with Gasteiger partial charge in [0.25, 0.3) is 5.91 Å². The van der Waals surface area contributed by atoms with Crippen LogP contribution in [0.3, 0.4) is 0 Å². The molecule has 0 aliphatic heterocycles. The molecular weight excluding hydrogens is 360 g/mol. The summed E-state index contributed by atoms with van der Waals surface area (Å²) < 4.78 is 5.09. The number of nitrogens with one attached hydrogen (secondary N) is 2. The molecule has 148 valence electrons. The van der Waals surface area contributed by atoms with Crippen LogP contribution in [0.5, 0.6) is 5.75 Å². The number of aliphatic carboxylic acids is 1. The van der Waals surface area contributed by atoms with Gasteiger partial charge in [-0.05, 0) is 35.9 Å². The smallest absolute Gasteiger partial charge is 0.251 e. The molecule has 1 atom stereocenters. The summed E-state index contributed by atoms with van der Waals surface area (Å²) in [5.41, 5.74) is 1.41. The van der Waals surface area contributed by atoms with Crippen molar-refractivity contribution in [1.29, 1.82) is 0 Å². The molecule has 7 heteroatoms. The van der Waals surface area contributed by atoms with Crippen LogP contribution in [0.25, 0.3) is 0 Å². The molecule has 2 rings (SSSR count). The molecule has 0 aromatic heterocycles. The molecule has 0 radical (unpaired) electrons. The molecule has 0 saturated carbocycles. The molecule has 0 fully saturated rings. The van der Waals surface area contributed by atoms with Crippen molar-refractivity contribution in [1.82, 2.24) is 5.32 Å². The molecule has 28 heavy (non-hydrogen) atoms. The Morgan fingerprint density at radius 2 is 1.75 bits per heavy atom. The summed E-state index contributed by atoms with van der Waals surface area (Å²) in [6.07, 6.45) is -0.373. The summed E-state index contributed by atoms with van der Waals surface area (Å²) >= 11 is 0. The van der Waals surface area contributed by atoms with Crippen molar-refractivity contribution in [3.05, 3.63) is 59.7 Å². The minimum atomic E-state index is -1.28. The second kappa shape index (κ2) is 9.55. The highest BCUT2D eigenvalue weighted by atomic mass is 16.5. The number of anilines is 1. The van der Waals surface area contributed by atoms with Crippen LogP contribution in [0.1, 0.15) is 42.2 Å². The number of benzene rings is 2. The van der Waals surface area contributed by atoms with E-state index in [1.165, 1.54) is 7.11 Å². The van der Waals surface area contributed by atoms with Crippen LogP contribution in [0, 0.1) is 5.92 Å². The monoisotopic (exact) mass is 383 g/mol. The number of carboxylic acid groups (broad SMARTS) is 1. The predicted molar refractivity (Wildman–Crippen MR) is 103 cm³/mol. The van der Waals surface area contributed by atoms with E-state index in [2.05, 4.69) is 10.6 Å². The van der Waals surface area contributed by atoms with E-state index >= 15 is 0 Å². The van der Waals surface area contributed by atoms with Crippen LogP contribution in [-0.2, 0) is 9.59 Å². The average Bonchev–Trinajstić information content (AvgIpc) is 2.67. The van der Waals surface area contributed by atoms with E-state index < -0.39 is 17.9 Å². The Morgan fingerprint density at radius 3 is 2.32 bits per heavy atom. The molecular formula is C21H23N2O5-. The number of carbonyl (C=O) groups is 3. The number of rotatable bonds is 8. The Kier molecular flexibility index (Phi) is 7.14. The van der Waals surface area contributed by atoms with E-state index in [0.717, 1.165) is 0 Å². The molecule has 7 nitrogen and oxygen atoms in total. The molecule has 0 bridgehead atoms. The summed E-state index contributed by atoms with van der Waals surface area (Å²) in [7, 11) is 1.53. The number of amides is 2. The molecule has 0 saturated heterocycles. The Balaban J connectivity index is 2.18. The van der Waals surface area contributed by atoms with Crippen LogP contribution in [-0.4, -0.2) is 24.9 Å². The fraction of sp³-hybridized carbons (Fsp3) is 0.286. The van der Waals surface area contributed by atoms with Crippen molar-refractivity contribution >= 4 is 23.5 Å². The first-order valence-corrected chi connectivity index (χ1v) is 8.85. The zero-order valence-electron chi connectivity index (χ0n) is 16.0. The van der Waals surface area contributed by atoms with E-state index in [4.69, 9.17) is 4.74 Å². The van der Waals surface area contributed by atoms with Gasteiger partial charge in [0.2, 0.25) is 5.91 Å². The van der Waals surface area contributed by atoms with E-state index in [1.54, 1.807) is 62.4 Å². The molecule has 0 unspecified atom stereocenters. The molecule has 2 amide bonds. The summed E-state index contributed by atoms with van der Waals surface area (Å²) in [5, 5.41) is 16.6. The molecule has 0 aliphatic carbocycles. The number of ether oxygens (including phenoxy) is 1. The van der Waals surface area contributed by atoms with Crippen molar-refractivity contribution in [2.75, 3.05) is 12.4 Å². The first-order chi connectivity index (χ1) is 13.3. The molecule has 0 aliphatic rings. The predicted octanol–water partition coefficient (Wildman–Crippen LogP) is 1.90. The van der Waals surface area contributed by atoms with Crippen molar-refractivity contribution in [3.63, 3.8) is 0 Å². The Bertz CT molecular complexity index is 846. The highest BCUT2D eigenvalue weighted by Crippen LogP contribution is 2.21. The number of carboxylic acids is 1. The Morgan fingerprint density at radius 1 is 1.07 bits per heavy atom. The minimum absolute atomic E-state index is 0.161. The number of methoxy groups -OCH3 is 1. The molecule has 0 spiro atoms. The van der Waals surface area contributed by atoms with Crippen molar-refractivity contribution in [3.8, 4) is 5.75 Å². The summed E-state index contributed by atoms with van der Waals surface area (Å²) in [4.78, 5) is 35.6. The lowest BCUT2D eigenvalue weighted by Crippen LogP contribution is -2.34. The first-order valence-electron chi connectivity index (χ1n) is 8.85. The summed E-state index contributed by atoms with van der Waals surface area (Å²) in [6.45, 7) is 3.54. The third kappa shape index (κ3) is 5.84. The number of carbonyl (C=O) groups excluding carboxylic acids is 3. The van der Waals surface area contributed by atoms with E-state index in [9.17, 15) is 19.5 Å². The standard InChI is InChI=1S/C21H24N2O5/c1-13(2)20(26)22-16-6-4-5-15(11-16)21(27)23-18(12-19(24)25)14-7-9-17(28-3)10-8-14/h4-11,13,18H,12H2,1-3H3,(H,22,26)(H,23,27)(H,24,25)/p-1/t18-/m0/s1. The van der Waals surface area contributed by atoms with Gasteiger partial charge in [-0.25, -0.2) is 0 Å². The van der Waals surface area contributed by atoms with Gasteiger partial charge in [0.15, 0.2) is 0 Å². The molecule has 2 N–H and O–H groups in total. The highest BCUT2D eigenvalue weighted by molar-refractivity contribution is 5.97. The van der Waals surface area contributed by atoms with E-state index in [-0.39, 0.29) is 18.2 Å². The Hall–Kier alpha value is -3.35. The zero-order valence-corrected chi connectivity index (χ0v) is 16.0. The second-order valence-corrected chi connectivity index (χ2v) is 6.60. The lowest BCUT2D eigenvalue weighted by Gasteiger charge is -2.20. The summed E-state index contributed by atoms with van der Waals surface area (Å²) in [5.74, 6) is -1.47. The number of hydrogen-bond acceptors (Lipinski definition) is 5. The van der Waals surface area contributed by atoms with Crippen LogP contribution in [0.4, 0.5) is 5.69 Å². The van der Waals surface area contributed by atoms with Gasteiger partial charge in [0, 0.05) is 29.6 Å². The van der Waals surface area contributed by atoms with Gasteiger partial charge in [-0.3, -0.25) is 9.59 Å². The third-order valence-corrected chi connectivity index (χ3v) is 4.11. The maximum Gasteiger partial charge on any atom is 0.251 e. The van der Waals surface area contributed by atoms with Gasteiger partial charge in [0.05, 0.1) is 13.2 Å².